The minimum Gasteiger partial charge on any atom is -0.304 e. The average Bonchev–Trinajstić information content (AvgIpc) is 1.95. The molecule has 2 nitrogen and oxygen atoms in total. The Labute approximate surface area is 63.1 Å². The second kappa shape index (κ2) is 3.74. The maximum atomic E-state index is 3.61. The molecule has 1 aliphatic rings. The molecule has 0 aliphatic carbocycles. The lowest BCUT2D eigenvalue weighted by Crippen LogP contribution is -2.42. The Morgan fingerprint density at radius 3 is 2.40 bits per heavy atom. The molecule has 1 saturated heterocycles. The van der Waals surface area contributed by atoms with Gasteiger partial charge >= 0.3 is 0 Å². The zero-order valence-electron chi connectivity index (χ0n) is 6.51. The minimum atomic E-state index is 1.09. The summed E-state index contributed by atoms with van der Waals surface area (Å²) in [4.78, 5) is 4.49. The number of hydrogen-bond donors (Lipinski definition) is 0. The summed E-state index contributed by atoms with van der Waals surface area (Å²) in [6, 6.07) is 0. The summed E-state index contributed by atoms with van der Waals surface area (Å²) in [7, 11) is 2.14. The van der Waals surface area contributed by atoms with Crippen molar-refractivity contribution in [3.05, 3.63) is 19.2 Å². The zero-order chi connectivity index (χ0) is 7.40. The molecule has 10 heavy (non-hydrogen) atoms. The molecule has 2 heteroatoms. The van der Waals surface area contributed by atoms with E-state index < -0.39 is 0 Å². The van der Waals surface area contributed by atoms with Crippen molar-refractivity contribution in [2.24, 2.45) is 0 Å². The van der Waals surface area contributed by atoms with Gasteiger partial charge in [-0.05, 0) is 7.05 Å². The fraction of sp³-hybridized carbons (Fsp3) is 0.625. The number of piperazine rings is 1. The molecule has 0 unspecified atom stereocenters. The highest BCUT2D eigenvalue weighted by Gasteiger charge is 2.11. The van der Waals surface area contributed by atoms with E-state index in [1.54, 1.807) is 6.08 Å². The van der Waals surface area contributed by atoms with E-state index in [2.05, 4.69) is 30.0 Å². The Hall–Kier alpha value is -0.340. The molecule has 0 aromatic carbocycles. The molecular weight excluding hydrogens is 124 g/mol. The van der Waals surface area contributed by atoms with E-state index in [1.807, 2.05) is 0 Å². The Morgan fingerprint density at radius 1 is 1.30 bits per heavy atom. The van der Waals surface area contributed by atoms with Gasteiger partial charge in [-0.2, -0.15) is 0 Å². The average molecular weight is 138 g/mol. The Bertz CT molecular complexity index is 104. The largest absolute Gasteiger partial charge is 0.304 e. The van der Waals surface area contributed by atoms with E-state index in [9.17, 15) is 0 Å². The van der Waals surface area contributed by atoms with Crippen LogP contribution in [0.4, 0.5) is 0 Å². The highest BCUT2D eigenvalue weighted by atomic mass is 15.2. The van der Waals surface area contributed by atoms with Crippen LogP contribution < -0.4 is 0 Å². The number of hydrogen-bond acceptors (Lipinski definition) is 2. The van der Waals surface area contributed by atoms with Crippen molar-refractivity contribution >= 4 is 0 Å². The molecule has 0 amide bonds. The van der Waals surface area contributed by atoms with Crippen molar-refractivity contribution in [1.29, 1.82) is 0 Å². The Morgan fingerprint density at radius 2 is 1.90 bits per heavy atom. The second-order valence-electron chi connectivity index (χ2n) is 2.62. The summed E-state index contributed by atoms with van der Waals surface area (Å²) < 4.78 is 0. The molecule has 0 aromatic heterocycles. The van der Waals surface area contributed by atoms with Gasteiger partial charge in [0.25, 0.3) is 0 Å². The molecule has 0 N–H and O–H groups in total. The molecule has 1 heterocycles. The standard InChI is InChI=1S/C8H14N2/c1-3-4-10-7-5-9(2)6-8-10/h3H,1,5-8H2,2H3. The van der Waals surface area contributed by atoms with Gasteiger partial charge in [0, 0.05) is 26.2 Å². The van der Waals surface area contributed by atoms with Crippen LogP contribution in [0.5, 0.6) is 0 Å². The van der Waals surface area contributed by atoms with Gasteiger partial charge in [0.2, 0.25) is 0 Å². The highest BCUT2D eigenvalue weighted by Crippen LogP contribution is 2.00. The lowest BCUT2D eigenvalue weighted by molar-refractivity contribution is 0.187. The topological polar surface area (TPSA) is 6.48 Å². The van der Waals surface area contributed by atoms with Gasteiger partial charge < -0.3 is 4.90 Å². The quantitative estimate of drug-likeness (QED) is 0.547. The van der Waals surface area contributed by atoms with Crippen LogP contribution >= 0.6 is 0 Å². The van der Waals surface area contributed by atoms with E-state index in [1.165, 1.54) is 0 Å². The van der Waals surface area contributed by atoms with Crippen LogP contribution in [0.3, 0.4) is 0 Å². The first-order valence-electron chi connectivity index (χ1n) is 3.63. The van der Waals surface area contributed by atoms with Crippen LogP contribution in [0, 0.1) is 6.54 Å². The second-order valence-corrected chi connectivity index (χ2v) is 2.62. The Kier molecular flexibility index (Phi) is 2.90. The molecule has 1 rings (SSSR count). The molecule has 0 atom stereocenters. The molecule has 0 aromatic rings. The highest BCUT2D eigenvalue weighted by molar-refractivity contribution is 4.88. The van der Waals surface area contributed by atoms with Crippen LogP contribution in [-0.2, 0) is 0 Å². The smallest absolute Gasteiger partial charge is 0.0878 e. The lowest BCUT2D eigenvalue weighted by Gasteiger charge is -2.30. The van der Waals surface area contributed by atoms with Crippen LogP contribution in [0.15, 0.2) is 12.7 Å². The summed E-state index contributed by atoms with van der Waals surface area (Å²) in [6.45, 7) is 11.1. The van der Waals surface area contributed by atoms with Crippen LogP contribution in [0.2, 0.25) is 0 Å². The van der Waals surface area contributed by atoms with Crippen molar-refractivity contribution in [2.45, 2.75) is 0 Å². The monoisotopic (exact) mass is 138 g/mol. The maximum absolute atomic E-state index is 3.61. The third kappa shape index (κ3) is 2.12. The molecule has 1 fully saturated rings. The minimum absolute atomic E-state index is 1.09. The first kappa shape index (κ1) is 7.76. The fourth-order valence-corrected chi connectivity index (χ4v) is 1.06. The molecule has 0 spiro atoms. The van der Waals surface area contributed by atoms with Gasteiger partial charge in [-0.1, -0.05) is 6.08 Å². The Balaban J connectivity index is 2.19. The van der Waals surface area contributed by atoms with E-state index in [-0.39, 0.29) is 0 Å². The number of nitrogens with zero attached hydrogens (tertiary/aromatic N) is 2. The summed E-state index contributed by atoms with van der Waals surface area (Å²) >= 11 is 0. The summed E-state index contributed by atoms with van der Waals surface area (Å²) in [5.41, 5.74) is 0. The number of likely N-dealkylation sites (N-methyl/N-ethyl adjacent to an activating group) is 1. The van der Waals surface area contributed by atoms with Gasteiger partial charge in [0.05, 0.1) is 6.54 Å². The van der Waals surface area contributed by atoms with Crippen LogP contribution in [0.25, 0.3) is 0 Å². The van der Waals surface area contributed by atoms with Crippen molar-refractivity contribution in [3.8, 4) is 0 Å². The van der Waals surface area contributed by atoms with Gasteiger partial charge in [-0.25, -0.2) is 0 Å². The van der Waals surface area contributed by atoms with Gasteiger partial charge in [0.1, 0.15) is 0 Å². The predicted octanol–water partition coefficient (Wildman–Crippen LogP) is 0.459. The zero-order valence-corrected chi connectivity index (χ0v) is 6.51. The van der Waals surface area contributed by atoms with Crippen molar-refractivity contribution in [1.82, 2.24) is 9.80 Å². The van der Waals surface area contributed by atoms with Gasteiger partial charge in [0.15, 0.2) is 0 Å². The SMILES string of the molecule is C=C[C]N1CCN(C)CC1. The fourth-order valence-electron chi connectivity index (χ4n) is 1.06. The maximum Gasteiger partial charge on any atom is 0.0878 e. The lowest BCUT2D eigenvalue weighted by atomic mass is 10.3. The van der Waals surface area contributed by atoms with Crippen molar-refractivity contribution in [3.63, 3.8) is 0 Å². The third-order valence-corrected chi connectivity index (χ3v) is 1.78. The molecule has 2 radical (unpaired) electrons. The normalized spacial score (nSPS) is 22.9. The first-order chi connectivity index (χ1) is 4.83. The molecule has 56 valence electrons. The van der Waals surface area contributed by atoms with Gasteiger partial charge in [-0.3, -0.25) is 4.90 Å². The first-order valence-corrected chi connectivity index (χ1v) is 3.63. The predicted molar refractivity (Wildman–Crippen MR) is 42.5 cm³/mol. The van der Waals surface area contributed by atoms with Gasteiger partial charge in [-0.15, -0.1) is 6.58 Å². The molecule has 1 aliphatic heterocycles. The van der Waals surface area contributed by atoms with E-state index in [0.717, 1.165) is 26.2 Å². The van der Waals surface area contributed by atoms with E-state index in [4.69, 9.17) is 0 Å². The molecule has 0 saturated carbocycles. The van der Waals surface area contributed by atoms with E-state index in [0.29, 0.717) is 0 Å². The van der Waals surface area contributed by atoms with Crippen LogP contribution in [-0.4, -0.2) is 43.0 Å². The summed E-state index contributed by atoms with van der Waals surface area (Å²) in [5, 5.41) is 0. The molecular formula is C8H14N2. The summed E-state index contributed by atoms with van der Waals surface area (Å²) in [5.74, 6) is 0. The number of rotatable bonds is 2. The van der Waals surface area contributed by atoms with Crippen LogP contribution in [0.1, 0.15) is 0 Å². The molecule has 0 bridgehead atoms. The van der Waals surface area contributed by atoms with Crippen molar-refractivity contribution < 1.29 is 0 Å². The summed E-state index contributed by atoms with van der Waals surface area (Å²) in [6.07, 6.45) is 1.73. The van der Waals surface area contributed by atoms with E-state index >= 15 is 0 Å². The van der Waals surface area contributed by atoms with Crippen molar-refractivity contribution in [2.75, 3.05) is 33.2 Å². The third-order valence-electron chi connectivity index (χ3n) is 1.78.